The third-order valence-corrected chi connectivity index (χ3v) is 11.3. The van der Waals surface area contributed by atoms with Crippen molar-refractivity contribution in [2.24, 2.45) is 11.8 Å². The Morgan fingerprint density at radius 2 is 2.02 bits per heavy atom. The lowest BCUT2D eigenvalue weighted by atomic mass is 9.87. The number of phosphoric ester groups is 1. The molecule has 1 aliphatic carbocycles. The summed E-state index contributed by atoms with van der Waals surface area (Å²) in [4.78, 5) is 20.1. The number of aliphatic hydroxyl groups is 4. The van der Waals surface area contributed by atoms with E-state index in [9.17, 15) is 33.7 Å². The second-order valence-corrected chi connectivity index (χ2v) is 14.9. The van der Waals surface area contributed by atoms with Crippen molar-refractivity contribution < 1.29 is 66.1 Å². The van der Waals surface area contributed by atoms with Gasteiger partial charge >= 0.3 is 14.6 Å². The largest absolute Gasteiger partial charge is 0.482 e. The highest BCUT2D eigenvalue weighted by molar-refractivity contribution is 8.45. The first-order valence-corrected chi connectivity index (χ1v) is 16.8. The highest BCUT2D eigenvalue weighted by Gasteiger charge is 2.74. The molecule has 3 fully saturated rings. The molecule has 21 heteroatoms. The van der Waals surface area contributed by atoms with Crippen LogP contribution in [0.3, 0.4) is 0 Å². The molecule has 2 saturated heterocycles. The van der Waals surface area contributed by atoms with Gasteiger partial charge in [-0.25, -0.2) is 23.5 Å². The number of nitrogens with zero attached hydrogens (tertiary/aromatic N) is 3. The van der Waals surface area contributed by atoms with E-state index in [1.807, 2.05) is 4.90 Å². The van der Waals surface area contributed by atoms with Crippen molar-refractivity contribution in [1.29, 1.82) is 0 Å². The maximum absolute atomic E-state index is 14.1. The first-order valence-electron chi connectivity index (χ1n) is 12.6. The van der Waals surface area contributed by atoms with Gasteiger partial charge in [-0.05, 0) is 20.5 Å². The maximum atomic E-state index is 14.1. The Bertz CT molecular complexity index is 1410. The number of ether oxygens (including phenoxy) is 2. The van der Waals surface area contributed by atoms with E-state index in [0.717, 1.165) is 0 Å². The summed E-state index contributed by atoms with van der Waals surface area (Å²) in [5.41, 5.74) is 7.20. The second-order valence-electron chi connectivity index (χ2n) is 10.4. The minimum absolute atomic E-state index is 0.157. The number of halogens is 1. The van der Waals surface area contributed by atoms with Crippen molar-refractivity contribution in [3.8, 4) is 0 Å². The van der Waals surface area contributed by atoms with Crippen LogP contribution in [0.4, 0.5) is 10.2 Å². The van der Waals surface area contributed by atoms with Gasteiger partial charge in [-0.3, -0.25) is 9.05 Å². The number of aliphatic hydroxyl groups excluding tert-OH is 3. The Labute approximate surface area is 243 Å². The van der Waals surface area contributed by atoms with Crippen LogP contribution in [0.5, 0.6) is 0 Å². The van der Waals surface area contributed by atoms with E-state index in [-0.39, 0.29) is 11.9 Å². The van der Waals surface area contributed by atoms with Crippen molar-refractivity contribution >= 4 is 43.8 Å². The number of nitrogens with two attached hydrogens (primary N) is 1. The minimum atomic E-state index is -5.32. The van der Waals surface area contributed by atoms with Crippen LogP contribution in [0.15, 0.2) is 17.0 Å². The average Bonchev–Trinajstić information content (AvgIpc) is 3.54. The number of phosphoric acid groups is 1. The zero-order chi connectivity index (χ0) is 30.8. The topological polar surface area (TPSA) is 250 Å². The molecular weight excluding hydrogens is 629 g/mol. The van der Waals surface area contributed by atoms with E-state index in [4.69, 9.17) is 33.8 Å². The monoisotopic (exact) mass is 660 g/mol. The molecule has 2 aromatic heterocycles. The molecule has 8 unspecified atom stereocenters. The van der Waals surface area contributed by atoms with Gasteiger partial charge < -0.3 is 49.8 Å². The van der Waals surface area contributed by atoms with E-state index in [1.54, 1.807) is 14.1 Å². The number of likely N-dealkylation sites (N-methyl/N-ethyl adjacent to an activating group) is 1. The number of fused-ring (bicyclic) bond motifs is 2. The Hall–Kier alpha value is -1.28. The van der Waals surface area contributed by atoms with Crippen LogP contribution in [0.2, 0.25) is 0 Å². The van der Waals surface area contributed by atoms with Gasteiger partial charge in [-0.15, -0.1) is 0 Å². The first kappa shape index (κ1) is 32.1. The Morgan fingerprint density at radius 3 is 2.69 bits per heavy atom. The van der Waals surface area contributed by atoms with Crippen molar-refractivity contribution in [2.45, 2.75) is 55.1 Å². The van der Waals surface area contributed by atoms with E-state index < -0.39 is 82.3 Å². The van der Waals surface area contributed by atoms with Gasteiger partial charge in [0.2, 0.25) is 0 Å². The van der Waals surface area contributed by atoms with Crippen molar-refractivity contribution in [1.82, 2.24) is 14.9 Å². The molecule has 12 atom stereocenters. The number of furan rings is 1. The van der Waals surface area contributed by atoms with Crippen LogP contribution in [0.25, 0.3) is 11.1 Å². The predicted octanol–water partition coefficient (Wildman–Crippen LogP) is 0.0964. The number of aromatic nitrogens is 2. The van der Waals surface area contributed by atoms with Gasteiger partial charge in [-0.1, -0.05) is 12.2 Å². The van der Waals surface area contributed by atoms with E-state index in [0.29, 0.717) is 23.1 Å². The lowest BCUT2D eigenvalue weighted by Gasteiger charge is -2.49. The highest BCUT2D eigenvalue weighted by Crippen LogP contribution is 2.68. The number of thiol groups is 1. The fourth-order valence-electron chi connectivity index (χ4n) is 5.72. The van der Waals surface area contributed by atoms with E-state index in [1.165, 1.54) is 12.6 Å². The zero-order valence-corrected chi connectivity index (χ0v) is 24.8. The molecule has 0 aromatic carbocycles. The van der Waals surface area contributed by atoms with Crippen molar-refractivity contribution in [3.05, 3.63) is 18.2 Å². The van der Waals surface area contributed by atoms with Gasteiger partial charge in [-0.2, -0.15) is 4.31 Å². The third-order valence-electron chi connectivity index (χ3n) is 7.69. The second kappa shape index (κ2) is 11.6. The molecule has 7 N–H and O–H groups in total. The molecule has 42 heavy (non-hydrogen) atoms. The number of rotatable bonds is 11. The summed E-state index contributed by atoms with van der Waals surface area (Å²) in [6.45, 7) is -6.11. The fourth-order valence-corrected chi connectivity index (χ4v) is 8.91. The normalized spacial score (nSPS) is 38.2. The molecule has 1 saturated carbocycles. The minimum Gasteiger partial charge on any atom is -0.458 e. The average molecular weight is 661 g/mol. The van der Waals surface area contributed by atoms with Gasteiger partial charge in [0.05, 0.1) is 55.7 Å². The molecule has 0 radical (unpaired) electrons. The smallest absolute Gasteiger partial charge is 0.458 e. The van der Waals surface area contributed by atoms with E-state index in [2.05, 4.69) is 26.5 Å². The first-order chi connectivity index (χ1) is 19.6. The summed E-state index contributed by atoms with van der Waals surface area (Å²) < 4.78 is 70.9. The summed E-state index contributed by atoms with van der Waals surface area (Å²) in [5, 5.41) is 40.0. The highest BCUT2D eigenvalue weighted by atomic mass is 32.7. The van der Waals surface area contributed by atoms with Gasteiger partial charge in [0, 0.05) is 11.6 Å². The standard InChI is InChI=1S/C21H31FN4O13P2S/c1-26(2)10-3-11(8-5-34-18-15(8)24-7-25-19(18)23)36-12(10)6-35-41(33,42)39-40(31,32)38-20-14-17(29)16(28)13(9(22)4-27)21(14,30)37-20/h5,7,9-14,16-17,20,27-30H,3-4,6H2,1-2H3,(H,31,32)(H,33,42)(H2,23,24,25)/t9-,10-,11+,12+,13?,14?,16?,17?,20?,21?,41?/m0/s1. The van der Waals surface area contributed by atoms with Crippen LogP contribution in [-0.4, -0.2) is 110 Å². The zero-order valence-electron chi connectivity index (χ0n) is 22.1. The number of alkyl halides is 1. The van der Waals surface area contributed by atoms with Crippen molar-refractivity contribution in [3.63, 3.8) is 0 Å². The Morgan fingerprint density at radius 1 is 1.31 bits per heavy atom. The number of nitrogen functional groups attached to an aromatic ring is 1. The maximum Gasteiger partial charge on any atom is 0.482 e. The third kappa shape index (κ3) is 5.77. The molecule has 2 aliphatic heterocycles. The summed E-state index contributed by atoms with van der Waals surface area (Å²) in [7, 11) is -1.75. The molecule has 0 bridgehead atoms. The SMILES string of the molecule is CN(C)[C@H]1C[C@H](c2coc3c(N)ncnc23)O[C@@H]1COP(=O)(S)OP(=O)(O)OC1OC2(O)C1C(O)C(O)C2[C@@H](F)CO. The summed E-state index contributed by atoms with van der Waals surface area (Å²) in [6, 6.07) is -0.285. The molecule has 5 rings (SSSR count). The number of anilines is 1. The van der Waals surface area contributed by atoms with Crippen molar-refractivity contribution in [2.75, 3.05) is 33.0 Å². The summed E-state index contributed by atoms with van der Waals surface area (Å²) in [6.07, 6.45) is -5.89. The number of hydrogen-bond donors (Lipinski definition) is 7. The molecule has 236 valence electrons. The van der Waals surface area contributed by atoms with Crippen LogP contribution < -0.4 is 5.73 Å². The lowest BCUT2D eigenvalue weighted by Crippen LogP contribution is -2.64. The molecule has 0 spiro atoms. The number of hydrogen-bond acceptors (Lipinski definition) is 16. The molecule has 3 aliphatic rings. The van der Waals surface area contributed by atoms with Crippen LogP contribution in [0, 0.1) is 11.8 Å². The van der Waals surface area contributed by atoms with Gasteiger partial charge in [0.1, 0.15) is 18.0 Å². The summed E-state index contributed by atoms with van der Waals surface area (Å²) in [5.74, 6) is -5.73. The summed E-state index contributed by atoms with van der Waals surface area (Å²) >= 11 is 3.75. The van der Waals surface area contributed by atoms with Gasteiger partial charge in [0.25, 0.3) is 0 Å². The fraction of sp³-hybridized carbons (Fsp3) is 0.714. The molecular formula is C21H31FN4O13P2S. The molecule has 2 aromatic rings. The Balaban J connectivity index is 1.21. The predicted molar refractivity (Wildman–Crippen MR) is 141 cm³/mol. The van der Waals surface area contributed by atoms with E-state index >= 15 is 0 Å². The Kier molecular flexibility index (Phi) is 8.85. The van der Waals surface area contributed by atoms with Crippen LogP contribution in [0.1, 0.15) is 18.1 Å². The quantitative estimate of drug-likeness (QED) is 0.125. The lowest BCUT2D eigenvalue weighted by molar-refractivity contribution is -0.426. The molecule has 4 heterocycles. The van der Waals surface area contributed by atoms with Gasteiger partial charge in [0.15, 0.2) is 23.5 Å². The molecule has 17 nitrogen and oxygen atoms in total. The van der Waals surface area contributed by atoms with Crippen LogP contribution >= 0.6 is 26.9 Å². The van der Waals surface area contributed by atoms with Crippen LogP contribution in [-0.2, 0) is 32.0 Å². The molecule has 0 amide bonds.